The monoisotopic (exact) mass is 487 g/mol. The Labute approximate surface area is 208 Å². The van der Waals surface area contributed by atoms with E-state index in [1.165, 1.54) is 11.8 Å². The number of nitro groups is 1. The van der Waals surface area contributed by atoms with Gasteiger partial charge in [-0.2, -0.15) is 0 Å². The van der Waals surface area contributed by atoms with E-state index in [0.29, 0.717) is 11.5 Å². The SMILES string of the molecule is COc1ccc(CSc2cc(OCc3ccccc3)c(OCc3ccccc3)c([N+](=O)[O-])c2)cc1. The van der Waals surface area contributed by atoms with Crippen LogP contribution in [-0.2, 0) is 19.0 Å². The molecule has 0 aromatic heterocycles. The molecule has 0 spiro atoms. The molecule has 35 heavy (non-hydrogen) atoms. The molecular formula is C28H25NO5S. The second kappa shape index (κ2) is 11.9. The third-order valence-corrected chi connectivity index (χ3v) is 6.28. The van der Waals surface area contributed by atoms with Crippen LogP contribution in [0.15, 0.2) is 102 Å². The zero-order chi connectivity index (χ0) is 24.5. The Morgan fingerprint density at radius 1 is 0.771 bits per heavy atom. The Balaban J connectivity index is 1.60. The van der Waals surface area contributed by atoms with Crippen molar-refractivity contribution in [1.82, 2.24) is 0 Å². The average Bonchev–Trinajstić information content (AvgIpc) is 2.91. The van der Waals surface area contributed by atoms with Gasteiger partial charge in [0.05, 0.1) is 12.0 Å². The lowest BCUT2D eigenvalue weighted by molar-refractivity contribution is -0.386. The smallest absolute Gasteiger partial charge is 0.316 e. The first-order valence-electron chi connectivity index (χ1n) is 11.0. The molecule has 0 unspecified atom stereocenters. The highest BCUT2D eigenvalue weighted by Gasteiger charge is 2.23. The minimum absolute atomic E-state index is 0.122. The molecule has 0 bridgehead atoms. The van der Waals surface area contributed by atoms with Gasteiger partial charge in [-0.05, 0) is 34.9 Å². The molecule has 0 N–H and O–H groups in total. The summed E-state index contributed by atoms with van der Waals surface area (Å²) in [6.07, 6.45) is 0. The molecule has 0 aliphatic heterocycles. The molecule has 0 fully saturated rings. The Morgan fingerprint density at radius 3 is 1.94 bits per heavy atom. The minimum Gasteiger partial charge on any atom is -0.497 e. The van der Waals surface area contributed by atoms with Crippen molar-refractivity contribution in [3.8, 4) is 17.2 Å². The van der Waals surface area contributed by atoms with Gasteiger partial charge >= 0.3 is 5.69 Å². The summed E-state index contributed by atoms with van der Waals surface area (Å²) in [6.45, 7) is 0.466. The van der Waals surface area contributed by atoms with Gasteiger partial charge in [0.15, 0.2) is 5.75 Å². The van der Waals surface area contributed by atoms with Crippen LogP contribution in [-0.4, -0.2) is 12.0 Å². The van der Waals surface area contributed by atoms with Crippen LogP contribution in [0.25, 0.3) is 0 Å². The van der Waals surface area contributed by atoms with Crippen molar-refractivity contribution >= 4 is 17.4 Å². The van der Waals surface area contributed by atoms with Crippen molar-refractivity contribution in [3.05, 3.63) is 124 Å². The van der Waals surface area contributed by atoms with E-state index < -0.39 is 4.92 Å². The first kappa shape index (κ1) is 24.2. The molecule has 0 atom stereocenters. The van der Waals surface area contributed by atoms with E-state index in [0.717, 1.165) is 27.3 Å². The van der Waals surface area contributed by atoms with Gasteiger partial charge in [0, 0.05) is 16.7 Å². The van der Waals surface area contributed by atoms with Crippen molar-refractivity contribution in [2.45, 2.75) is 23.9 Å². The fourth-order valence-corrected chi connectivity index (χ4v) is 4.30. The van der Waals surface area contributed by atoms with Crippen LogP contribution in [0.1, 0.15) is 16.7 Å². The number of benzene rings is 4. The van der Waals surface area contributed by atoms with Crippen LogP contribution >= 0.6 is 11.8 Å². The average molecular weight is 488 g/mol. The van der Waals surface area contributed by atoms with Crippen LogP contribution < -0.4 is 14.2 Å². The molecule has 0 aliphatic rings. The van der Waals surface area contributed by atoms with Gasteiger partial charge in [-0.3, -0.25) is 10.1 Å². The molecule has 4 rings (SSSR count). The van der Waals surface area contributed by atoms with E-state index in [-0.39, 0.29) is 24.7 Å². The summed E-state index contributed by atoms with van der Waals surface area (Å²) < 4.78 is 17.2. The maximum atomic E-state index is 12.0. The number of nitro benzene ring substituents is 1. The van der Waals surface area contributed by atoms with Crippen LogP contribution in [0.4, 0.5) is 5.69 Å². The largest absolute Gasteiger partial charge is 0.497 e. The molecule has 7 heteroatoms. The van der Waals surface area contributed by atoms with Gasteiger partial charge in [-0.1, -0.05) is 72.8 Å². The van der Waals surface area contributed by atoms with E-state index in [1.54, 1.807) is 13.2 Å². The van der Waals surface area contributed by atoms with Crippen molar-refractivity contribution in [3.63, 3.8) is 0 Å². The number of thioether (sulfide) groups is 1. The number of hydrogen-bond donors (Lipinski definition) is 0. The van der Waals surface area contributed by atoms with E-state index >= 15 is 0 Å². The summed E-state index contributed by atoms with van der Waals surface area (Å²) in [5, 5.41) is 12.0. The van der Waals surface area contributed by atoms with Gasteiger partial charge in [0.2, 0.25) is 5.75 Å². The molecule has 0 radical (unpaired) electrons. The molecule has 178 valence electrons. The molecule has 0 aliphatic carbocycles. The number of methoxy groups -OCH3 is 1. The molecule has 0 saturated carbocycles. The van der Waals surface area contributed by atoms with Crippen molar-refractivity contribution in [2.24, 2.45) is 0 Å². The highest BCUT2D eigenvalue weighted by molar-refractivity contribution is 7.98. The van der Waals surface area contributed by atoms with Crippen LogP contribution in [0, 0.1) is 10.1 Å². The maximum absolute atomic E-state index is 12.0. The number of rotatable bonds is 11. The second-order valence-corrected chi connectivity index (χ2v) is 8.76. The van der Waals surface area contributed by atoms with E-state index in [9.17, 15) is 10.1 Å². The first-order chi connectivity index (χ1) is 17.1. The standard InChI is InChI=1S/C28H25NO5S/c1-32-24-14-12-23(13-15-24)20-35-25-16-26(29(30)31)28(34-19-22-10-6-3-7-11-22)27(17-25)33-18-21-8-4-2-5-9-21/h2-17H,18-20H2,1H3. The quantitative estimate of drug-likeness (QED) is 0.128. The fraction of sp³-hybridized carbons (Fsp3) is 0.143. The van der Waals surface area contributed by atoms with Gasteiger partial charge in [-0.15, -0.1) is 11.8 Å². The number of hydrogen-bond acceptors (Lipinski definition) is 6. The third kappa shape index (κ3) is 6.77. The zero-order valence-corrected chi connectivity index (χ0v) is 20.1. The topological polar surface area (TPSA) is 70.8 Å². The lowest BCUT2D eigenvalue weighted by Gasteiger charge is -2.15. The molecule has 0 saturated heterocycles. The molecule has 6 nitrogen and oxygen atoms in total. The Hall–Kier alpha value is -3.97. The predicted molar refractivity (Wildman–Crippen MR) is 137 cm³/mol. The highest BCUT2D eigenvalue weighted by atomic mass is 32.2. The Morgan fingerprint density at radius 2 is 1.37 bits per heavy atom. The van der Waals surface area contributed by atoms with Gasteiger partial charge in [0.1, 0.15) is 19.0 Å². The van der Waals surface area contributed by atoms with E-state index in [1.807, 2.05) is 91.0 Å². The summed E-state index contributed by atoms with van der Waals surface area (Å²) in [7, 11) is 1.63. The second-order valence-electron chi connectivity index (χ2n) is 7.71. The summed E-state index contributed by atoms with van der Waals surface area (Å²) in [6, 6.07) is 30.3. The molecule has 0 heterocycles. The summed E-state index contributed by atoms with van der Waals surface area (Å²) in [5.41, 5.74) is 2.83. The van der Waals surface area contributed by atoms with Crippen LogP contribution in [0.5, 0.6) is 17.2 Å². The zero-order valence-electron chi connectivity index (χ0n) is 19.3. The first-order valence-corrected chi connectivity index (χ1v) is 12.0. The third-order valence-electron chi connectivity index (χ3n) is 5.23. The minimum atomic E-state index is -0.423. The summed E-state index contributed by atoms with van der Waals surface area (Å²) in [5.74, 6) is 1.90. The van der Waals surface area contributed by atoms with Gasteiger partial charge in [0.25, 0.3) is 0 Å². The fourth-order valence-electron chi connectivity index (χ4n) is 3.39. The number of nitrogens with zero attached hydrogens (tertiary/aromatic N) is 1. The molecule has 4 aromatic carbocycles. The molecule has 0 amide bonds. The van der Waals surface area contributed by atoms with E-state index in [2.05, 4.69) is 0 Å². The normalized spacial score (nSPS) is 10.5. The van der Waals surface area contributed by atoms with Crippen LogP contribution in [0.2, 0.25) is 0 Å². The lowest BCUT2D eigenvalue weighted by Crippen LogP contribution is -2.04. The highest BCUT2D eigenvalue weighted by Crippen LogP contribution is 2.42. The maximum Gasteiger partial charge on any atom is 0.316 e. The Kier molecular flexibility index (Phi) is 8.25. The van der Waals surface area contributed by atoms with Crippen molar-refractivity contribution < 1.29 is 19.1 Å². The Bertz CT molecular complexity index is 1250. The lowest BCUT2D eigenvalue weighted by atomic mass is 10.2. The van der Waals surface area contributed by atoms with Crippen molar-refractivity contribution in [2.75, 3.05) is 7.11 Å². The van der Waals surface area contributed by atoms with E-state index in [4.69, 9.17) is 14.2 Å². The van der Waals surface area contributed by atoms with Crippen LogP contribution in [0.3, 0.4) is 0 Å². The van der Waals surface area contributed by atoms with Crippen molar-refractivity contribution in [1.29, 1.82) is 0 Å². The summed E-state index contributed by atoms with van der Waals surface area (Å²) in [4.78, 5) is 12.3. The molecular weight excluding hydrogens is 462 g/mol. The van der Waals surface area contributed by atoms with Gasteiger partial charge in [-0.25, -0.2) is 0 Å². The molecule has 4 aromatic rings. The predicted octanol–water partition coefficient (Wildman–Crippen LogP) is 7.05. The number of ether oxygens (including phenoxy) is 3. The summed E-state index contributed by atoms with van der Waals surface area (Å²) >= 11 is 1.50. The van der Waals surface area contributed by atoms with Gasteiger partial charge < -0.3 is 14.2 Å².